The largest absolute Gasteiger partial charge is 0.326 e. The Balaban J connectivity index is 1.93. The number of nitro benzene ring substituents is 1. The van der Waals surface area contributed by atoms with Gasteiger partial charge in [0.1, 0.15) is 0 Å². The zero-order valence-electron chi connectivity index (χ0n) is 14.3. The lowest BCUT2D eigenvalue weighted by Gasteiger charge is -2.08. The van der Waals surface area contributed by atoms with Crippen LogP contribution in [0.25, 0.3) is 0 Å². The summed E-state index contributed by atoms with van der Waals surface area (Å²) in [6, 6.07) is 12.2. The van der Waals surface area contributed by atoms with Gasteiger partial charge >= 0.3 is 0 Å². The van der Waals surface area contributed by atoms with Gasteiger partial charge in [0.2, 0.25) is 5.91 Å². The lowest BCUT2D eigenvalue weighted by atomic mass is 10.1. The number of carbonyl (C=O) groups is 2. The summed E-state index contributed by atoms with van der Waals surface area (Å²) in [4.78, 5) is 33.7. The molecule has 2 aromatic carbocycles. The van der Waals surface area contributed by atoms with Gasteiger partial charge in [0.15, 0.2) is 0 Å². The SMILES string of the molecule is CC(C)C(=O)Nc1ccc(C(=O)N/N=C/c2ccc([N+](=O)[O-])cc2)cc1. The first kappa shape index (κ1) is 18.8. The molecule has 0 fully saturated rings. The second-order valence-corrected chi connectivity index (χ2v) is 5.77. The van der Waals surface area contributed by atoms with E-state index in [4.69, 9.17) is 0 Å². The Labute approximate surface area is 150 Å². The van der Waals surface area contributed by atoms with Crippen molar-refractivity contribution in [3.05, 3.63) is 69.8 Å². The second kappa shape index (κ2) is 8.52. The van der Waals surface area contributed by atoms with Crippen LogP contribution in [0, 0.1) is 16.0 Å². The third-order valence-electron chi connectivity index (χ3n) is 3.42. The van der Waals surface area contributed by atoms with Crippen LogP contribution in [-0.2, 0) is 4.79 Å². The highest BCUT2D eigenvalue weighted by atomic mass is 16.6. The van der Waals surface area contributed by atoms with Crippen LogP contribution in [0.15, 0.2) is 53.6 Å². The van der Waals surface area contributed by atoms with Gasteiger partial charge in [0, 0.05) is 29.3 Å². The van der Waals surface area contributed by atoms with Crippen molar-refractivity contribution in [2.24, 2.45) is 11.0 Å². The first-order valence-corrected chi connectivity index (χ1v) is 7.85. The first-order valence-electron chi connectivity index (χ1n) is 7.85. The van der Waals surface area contributed by atoms with E-state index in [0.717, 1.165) is 0 Å². The number of hydrogen-bond acceptors (Lipinski definition) is 5. The molecule has 2 rings (SSSR count). The summed E-state index contributed by atoms with van der Waals surface area (Å²) in [6.45, 7) is 3.58. The Kier molecular flexibility index (Phi) is 6.15. The highest BCUT2D eigenvalue weighted by Gasteiger charge is 2.08. The fourth-order valence-corrected chi connectivity index (χ4v) is 1.90. The topological polar surface area (TPSA) is 114 Å². The van der Waals surface area contributed by atoms with Crippen LogP contribution < -0.4 is 10.7 Å². The van der Waals surface area contributed by atoms with Crippen LogP contribution in [0.1, 0.15) is 29.8 Å². The van der Waals surface area contributed by atoms with Gasteiger partial charge in [-0.25, -0.2) is 5.43 Å². The zero-order chi connectivity index (χ0) is 19.1. The molecule has 0 aromatic heterocycles. The maximum Gasteiger partial charge on any atom is 0.271 e. The zero-order valence-corrected chi connectivity index (χ0v) is 14.3. The molecule has 0 saturated carbocycles. The quantitative estimate of drug-likeness (QED) is 0.471. The number of nitro groups is 1. The van der Waals surface area contributed by atoms with Crippen LogP contribution in [0.2, 0.25) is 0 Å². The number of anilines is 1. The van der Waals surface area contributed by atoms with Gasteiger partial charge in [0.25, 0.3) is 11.6 Å². The number of nitrogens with one attached hydrogen (secondary N) is 2. The number of hydrazone groups is 1. The van der Waals surface area contributed by atoms with Gasteiger partial charge in [-0.1, -0.05) is 13.8 Å². The molecule has 2 amide bonds. The number of carbonyl (C=O) groups excluding carboxylic acids is 2. The van der Waals surface area contributed by atoms with Crippen LogP contribution in [0.4, 0.5) is 11.4 Å². The van der Waals surface area contributed by atoms with Gasteiger partial charge in [-0.15, -0.1) is 0 Å². The number of nitrogens with zero attached hydrogens (tertiary/aromatic N) is 2. The minimum absolute atomic E-state index is 0.0177. The fraction of sp³-hybridized carbons (Fsp3) is 0.167. The van der Waals surface area contributed by atoms with Gasteiger partial charge in [-0.05, 0) is 42.0 Å². The van der Waals surface area contributed by atoms with Gasteiger partial charge in [-0.3, -0.25) is 19.7 Å². The van der Waals surface area contributed by atoms with E-state index in [1.165, 1.54) is 30.5 Å². The lowest BCUT2D eigenvalue weighted by Crippen LogP contribution is -2.19. The van der Waals surface area contributed by atoms with E-state index in [2.05, 4.69) is 15.8 Å². The van der Waals surface area contributed by atoms with Crippen molar-refractivity contribution in [2.45, 2.75) is 13.8 Å². The van der Waals surface area contributed by atoms with Crippen LogP contribution in [0.3, 0.4) is 0 Å². The van der Waals surface area contributed by atoms with Crippen LogP contribution in [-0.4, -0.2) is 23.0 Å². The van der Waals surface area contributed by atoms with Gasteiger partial charge < -0.3 is 5.32 Å². The molecule has 0 saturated heterocycles. The first-order chi connectivity index (χ1) is 12.4. The molecule has 0 aliphatic carbocycles. The molecule has 8 heteroatoms. The fourth-order valence-electron chi connectivity index (χ4n) is 1.90. The van der Waals surface area contributed by atoms with Crippen LogP contribution >= 0.6 is 0 Å². The maximum absolute atomic E-state index is 12.0. The molecule has 0 bridgehead atoms. The highest BCUT2D eigenvalue weighted by Crippen LogP contribution is 2.12. The Morgan fingerprint density at radius 2 is 1.69 bits per heavy atom. The number of hydrogen-bond donors (Lipinski definition) is 2. The van der Waals surface area contributed by atoms with Crippen molar-refractivity contribution in [3.8, 4) is 0 Å². The van der Waals surface area contributed by atoms with Crippen LogP contribution in [0.5, 0.6) is 0 Å². The third-order valence-corrected chi connectivity index (χ3v) is 3.42. The maximum atomic E-state index is 12.0. The molecular formula is C18H18N4O4. The van der Waals surface area contributed by atoms with E-state index in [0.29, 0.717) is 16.8 Å². The van der Waals surface area contributed by atoms with E-state index in [1.54, 1.807) is 38.1 Å². The predicted octanol–water partition coefficient (Wildman–Crippen LogP) is 2.95. The molecule has 134 valence electrons. The van der Waals surface area contributed by atoms with Gasteiger partial charge in [0.05, 0.1) is 11.1 Å². The third kappa shape index (κ3) is 5.23. The highest BCUT2D eigenvalue weighted by molar-refractivity contribution is 5.96. The summed E-state index contributed by atoms with van der Waals surface area (Å²) in [5.74, 6) is -0.647. The molecular weight excluding hydrogens is 336 g/mol. The molecule has 0 aliphatic heterocycles. The van der Waals surface area contributed by atoms with Crippen molar-refractivity contribution < 1.29 is 14.5 Å². The number of amides is 2. The van der Waals surface area contributed by atoms with Crippen molar-refractivity contribution in [1.29, 1.82) is 0 Å². The Morgan fingerprint density at radius 1 is 1.08 bits per heavy atom. The predicted molar refractivity (Wildman–Crippen MR) is 98.1 cm³/mol. The molecule has 0 heterocycles. The summed E-state index contributed by atoms with van der Waals surface area (Å²) in [7, 11) is 0. The molecule has 26 heavy (non-hydrogen) atoms. The van der Waals surface area contributed by atoms with E-state index in [-0.39, 0.29) is 17.5 Å². The summed E-state index contributed by atoms with van der Waals surface area (Å²) >= 11 is 0. The molecule has 2 N–H and O–H groups in total. The van der Waals surface area contributed by atoms with Crippen molar-refractivity contribution in [2.75, 3.05) is 5.32 Å². The smallest absolute Gasteiger partial charge is 0.271 e. The molecule has 0 radical (unpaired) electrons. The number of rotatable bonds is 6. The van der Waals surface area contributed by atoms with Gasteiger partial charge in [-0.2, -0.15) is 5.10 Å². The van der Waals surface area contributed by atoms with E-state index in [1.807, 2.05) is 0 Å². The molecule has 8 nitrogen and oxygen atoms in total. The summed E-state index contributed by atoms with van der Waals surface area (Å²) in [6.07, 6.45) is 1.39. The standard InChI is InChI=1S/C18H18N4O4/c1-12(2)17(23)20-15-7-5-14(6-8-15)18(24)21-19-11-13-3-9-16(10-4-13)22(25)26/h3-12H,1-2H3,(H,20,23)(H,21,24)/b19-11+. The minimum atomic E-state index is -0.490. The van der Waals surface area contributed by atoms with E-state index in [9.17, 15) is 19.7 Å². The average molecular weight is 354 g/mol. The average Bonchev–Trinajstić information content (AvgIpc) is 2.62. The normalized spacial score (nSPS) is 10.7. The van der Waals surface area contributed by atoms with Crippen molar-refractivity contribution in [1.82, 2.24) is 5.43 Å². The summed E-state index contributed by atoms with van der Waals surface area (Å²) < 4.78 is 0. The van der Waals surface area contributed by atoms with Crippen molar-refractivity contribution >= 4 is 29.4 Å². The monoisotopic (exact) mass is 354 g/mol. The molecule has 0 unspecified atom stereocenters. The van der Waals surface area contributed by atoms with E-state index >= 15 is 0 Å². The molecule has 0 atom stereocenters. The Morgan fingerprint density at radius 3 is 2.23 bits per heavy atom. The molecule has 0 aliphatic rings. The Hall–Kier alpha value is -3.55. The lowest BCUT2D eigenvalue weighted by molar-refractivity contribution is -0.384. The van der Waals surface area contributed by atoms with Crippen molar-refractivity contribution in [3.63, 3.8) is 0 Å². The molecule has 2 aromatic rings. The summed E-state index contributed by atoms with van der Waals surface area (Å²) in [5, 5.41) is 17.1. The second-order valence-electron chi connectivity index (χ2n) is 5.77. The van der Waals surface area contributed by atoms with E-state index < -0.39 is 10.8 Å². The molecule has 0 spiro atoms. The Bertz CT molecular complexity index is 827. The minimum Gasteiger partial charge on any atom is -0.326 e. The summed E-state index contributed by atoms with van der Waals surface area (Å²) in [5.41, 5.74) is 3.96. The number of benzene rings is 2. The number of non-ortho nitro benzene ring substituents is 1.